The van der Waals surface area contributed by atoms with Crippen LogP contribution in [0.25, 0.3) is 0 Å². The van der Waals surface area contributed by atoms with Crippen molar-refractivity contribution in [3.8, 4) is 11.5 Å². The van der Waals surface area contributed by atoms with Crippen molar-refractivity contribution in [2.45, 2.75) is 6.04 Å². The fraction of sp³-hybridized carbons (Fsp3) is 0.182. The van der Waals surface area contributed by atoms with Gasteiger partial charge in [-0.1, -0.05) is 6.07 Å². The van der Waals surface area contributed by atoms with E-state index in [4.69, 9.17) is 0 Å². The van der Waals surface area contributed by atoms with E-state index in [2.05, 4.69) is 5.32 Å². The highest BCUT2D eigenvalue weighted by Crippen LogP contribution is 2.28. The molecule has 1 aromatic carbocycles. The highest BCUT2D eigenvalue weighted by Gasteiger charge is 2.24. The molecule has 7 heteroatoms. The SMILES string of the molecule is O=C(NC1C=CS(=O)(=O)C1)c1cccc(O)c1O. The van der Waals surface area contributed by atoms with E-state index in [1.165, 1.54) is 24.3 Å². The lowest BCUT2D eigenvalue weighted by Gasteiger charge is -2.11. The molecule has 0 saturated carbocycles. The molecular weight excluding hydrogens is 258 g/mol. The summed E-state index contributed by atoms with van der Waals surface area (Å²) in [7, 11) is -3.25. The lowest BCUT2D eigenvalue weighted by Crippen LogP contribution is -2.35. The molecule has 2 rings (SSSR count). The van der Waals surface area contributed by atoms with E-state index < -0.39 is 33.3 Å². The summed E-state index contributed by atoms with van der Waals surface area (Å²) in [5.41, 5.74) is -0.104. The fourth-order valence-electron chi connectivity index (χ4n) is 1.63. The zero-order chi connectivity index (χ0) is 13.3. The molecule has 1 aliphatic rings. The van der Waals surface area contributed by atoms with Crippen LogP contribution in [-0.4, -0.2) is 36.3 Å². The number of carbonyl (C=O) groups is 1. The Bertz CT molecular complexity index is 620. The van der Waals surface area contributed by atoms with Gasteiger partial charge < -0.3 is 15.5 Å². The number of sulfone groups is 1. The van der Waals surface area contributed by atoms with Crippen LogP contribution in [0, 0.1) is 0 Å². The van der Waals surface area contributed by atoms with Gasteiger partial charge in [0.1, 0.15) is 0 Å². The van der Waals surface area contributed by atoms with Crippen molar-refractivity contribution in [3.63, 3.8) is 0 Å². The van der Waals surface area contributed by atoms with Crippen LogP contribution in [-0.2, 0) is 9.84 Å². The number of phenols is 2. The number of carbonyl (C=O) groups excluding carboxylic acids is 1. The molecule has 1 unspecified atom stereocenters. The summed E-state index contributed by atoms with van der Waals surface area (Å²) in [4.78, 5) is 11.8. The third kappa shape index (κ3) is 2.45. The van der Waals surface area contributed by atoms with Gasteiger partial charge in [0.15, 0.2) is 21.3 Å². The topological polar surface area (TPSA) is 104 Å². The van der Waals surface area contributed by atoms with E-state index in [0.717, 1.165) is 5.41 Å². The summed E-state index contributed by atoms with van der Waals surface area (Å²) in [6, 6.07) is 3.36. The summed E-state index contributed by atoms with van der Waals surface area (Å²) >= 11 is 0. The molecule has 3 N–H and O–H groups in total. The molecule has 0 bridgehead atoms. The van der Waals surface area contributed by atoms with Gasteiger partial charge in [0.05, 0.1) is 17.4 Å². The van der Waals surface area contributed by atoms with Crippen LogP contribution in [0.2, 0.25) is 0 Å². The first-order chi connectivity index (χ1) is 8.39. The summed E-state index contributed by atoms with van der Waals surface area (Å²) < 4.78 is 22.3. The van der Waals surface area contributed by atoms with Crippen LogP contribution in [0.5, 0.6) is 11.5 Å². The van der Waals surface area contributed by atoms with Crippen molar-refractivity contribution >= 4 is 15.7 Å². The van der Waals surface area contributed by atoms with E-state index in [-0.39, 0.29) is 11.3 Å². The number of hydrogen-bond donors (Lipinski definition) is 3. The second-order valence-electron chi connectivity index (χ2n) is 3.91. The summed E-state index contributed by atoms with van der Waals surface area (Å²) in [6.45, 7) is 0. The molecule has 0 spiro atoms. The molecule has 1 heterocycles. The number of nitrogens with one attached hydrogen (secondary N) is 1. The number of amides is 1. The van der Waals surface area contributed by atoms with Gasteiger partial charge >= 0.3 is 0 Å². The van der Waals surface area contributed by atoms with Gasteiger partial charge in [-0.05, 0) is 18.2 Å². The largest absolute Gasteiger partial charge is 0.504 e. The van der Waals surface area contributed by atoms with E-state index in [1.807, 2.05) is 0 Å². The van der Waals surface area contributed by atoms with Crippen molar-refractivity contribution in [3.05, 3.63) is 35.2 Å². The molecule has 96 valence electrons. The third-order valence-electron chi connectivity index (χ3n) is 2.51. The van der Waals surface area contributed by atoms with Crippen molar-refractivity contribution in [1.29, 1.82) is 0 Å². The number of para-hydroxylation sites is 1. The highest BCUT2D eigenvalue weighted by atomic mass is 32.2. The average molecular weight is 269 g/mol. The Hall–Kier alpha value is -2.02. The second kappa shape index (κ2) is 4.34. The minimum Gasteiger partial charge on any atom is -0.504 e. The number of hydrogen-bond acceptors (Lipinski definition) is 5. The molecule has 1 aliphatic heterocycles. The predicted octanol–water partition coefficient (Wildman–Crippen LogP) is 0.138. The van der Waals surface area contributed by atoms with Gasteiger partial charge in [0.2, 0.25) is 0 Å². The molecular formula is C11H11NO5S. The molecule has 0 aromatic heterocycles. The van der Waals surface area contributed by atoms with E-state index >= 15 is 0 Å². The Balaban J connectivity index is 2.14. The predicted molar refractivity (Wildman–Crippen MR) is 64.0 cm³/mol. The summed E-state index contributed by atoms with van der Waals surface area (Å²) in [5, 5.41) is 22.2. The number of aromatic hydroxyl groups is 2. The van der Waals surface area contributed by atoms with Crippen LogP contribution in [0.15, 0.2) is 29.7 Å². The van der Waals surface area contributed by atoms with Crippen molar-refractivity contribution in [1.82, 2.24) is 5.32 Å². The number of rotatable bonds is 2. The summed E-state index contributed by atoms with van der Waals surface area (Å²) in [5.74, 6) is -1.77. The monoisotopic (exact) mass is 269 g/mol. The van der Waals surface area contributed by atoms with Crippen molar-refractivity contribution in [2.75, 3.05) is 5.75 Å². The van der Waals surface area contributed by atoms with Gasteiger partial charge in [-0.3, -0.25) is 4.79 Å². The lowest BCUT2D eigenvalue weighted by molar-refractivity contribution is 0.0944. The number of benzene rings is 1. The van der Waals surface area contributed by atoms with E-state index in [9.17, 15) is 23.4 Å². The first-order valence-electron chi connectivity index (χ1n) is 5.12. The Morgan fingerprint density at radius 1 is 1.33 bits per heavy atom. The maximum atomic E-state index is 11.8. The lowest BCUT2D eigenvalue weighted by atomic mass is 10.1. The molecule has 0 aliphatic carbocycles. The van der Waals surface area contributed by atoms with Crippen molar-refractivity contribution in [2.24, 2.45) is 0 Å². The molecule has 0 fully saturated rings. The van der Waals surface area contributed by atoms with Crippen molar-refractivity contribution < 1.29 is 23.4 Å². The Morgan fingerprint density at radius 2 is 2.06 bits per heavy atom. The fourth-order valence-corrected chi connectivity index (χ4v) is 2.86. The average Bonchev–Trinajstić information content (AvgIpc) is 2.62. The molecule has 1 aromatic rings. The van der Waals surface area contributed by atoms with Crippen LogP contribution in [0.3, 0.4) is 0 Å². The highest BCUT2D eigenvalue weighted by molar-refractivity contribution is 7.94. The van der Waals surface area contributed by atoms with Crippen LogP contribution >= 0.6 is 0 Å². The molecule has 0 saturated heterocycles. The van der Waals surface area contributed by atoms with Gasteiger partial charge in [-0.25, -0.2) is 8.42 Å². The Morgan fingerprint density at radius 3 is 2.67 bits per heavy atom. The summed E-state index contributed by atoms with van der Waals surface area (Å²) in [6.07, 6.45) is 1.37. The Labute approximate surface area is 103 Å². The maximum absolute atomic E-state index is 11.8. The standard InChI is InChI=1S/C11H11NO5S/c13-9-3-1-2-8(10(9)14)11(15)12-7-4-5-18(16,17)6-7/h1-5,7,13-14H,6H2,(H,12,15). The number of phenolic OH excluding ortho intramolecular Hbond substituents is 2. The van der Waals surface area contributed by atoms with E-state index in [0.29, 0.717) is 0 Å². The molecule has 6 nitrogen and oxygen atoms in total. The van der Waals surface area contributed by atoms with E-state index in [1.54, 1.807) is 0 Å². The first kappa shape index (κ1) is 12.4. The van der Waals surface area contributed by atoms with Gasteiger partial charge in [-0.15, -0.1) is 0 Å². The second-order valence-corrected chi connectivity index (χ2v) is 5.84. The van der Waals surface area contributed by atoms with Crippen LogP contribution in [0.4, 0.5) is 0 Å². The molecule has 1 atom stereocenters. The minimum absolute atomic E-state index is 0.104. The Kier molecular flexibility index (Phi) is 3.00. The zero-order valence-corrected chi connectivity index (χ0v) is 10.0. The normalized spacial score (nSPS) is 20.8. The van der Waals surface area contributed by atoms with Crippen LogP contribution < -0.4 is 5.32 Å². The molecule has 1 amide bonds. The minimum atomic E-state index is -3.25. The van der Waals surface area contributed by atoms with Crippen LogP contribution in [0.1, 0.15) is 10.4 Å². The smallest absolute Gasteiger partial charge is 0.255 e. The molecule has 18 heavy (non-hydrogen) atoms. The maximum Gasteiger partial charge on any atom is 0.255 e. The van der Waals surface area contributed by atoms with Gasteiger partial charge in [-0.2, -0.15) is 0 Å². The zero-order valence-electron chi connectivity index (χ0n) is 9.20. The quantitative estimate of drug-likeness (QED) is 0.662. The first-order valence-corrected chi connectivity index (χ1v) is 6.83. The van der Waals surface area contributed by atoms with Gasteiger partial charge in [0.25, 0.3) is 5.91 Å². The van der Waals surface area contributed by atoms with Gasteiger partial charge in [0, 0.05) is 5.41 Å². The third-order valence-corrected chi connectivity index (χ3v) is 3.90. The molecule has 0 radical (unpaired) electrons.